The molecule has 0 aliphatic carbocycles. The van der Waals surface area contributed by atoms with Crippen LogP contribution in [0.5, 0.6) is 0 Å². The lowest BCUT2D eigenvalue weighted by Gasteiger charge is -2.11. The minimum absolute atomic E-state index is 0.0175. The normalized spacial score (nSPS) is 12.8. The molecule has 2 aromatic carbocycles. The number of nitrogens with zero attached hydrogens (tertiary/aromatic N) is 2. The Morgan fingerprint density at radius 2 is 1.93 bits per heavy atom. The van der Waals surface area contributed by atoms with Crippen LogP contribution in [0.4, 0.5) is 5.82 Å². The zero-order chi connectivity index (χ0) is 18.6. The van der Waals surface area contributed by atoms with E-state index >= 15 is 0 Å². The summed E-state index contributed by atoms with van der Waals surface area (Å²) < 4.78 is 1.88. The molecule has 3 aromatic rings. The number of hydrogen-bond donors (Lipinski definition) is 1. The highest BCUT2D eigenvalue weighted by Gasteiger charge is 2.24. The monoisotopic (exact) mass is 395 g/mol. The summed E-state index contributed by atoms with van der Waals surface area (Å²) in [6, 6.07) is 18.5. The molecule has 1 amide bonds. The van der Waals surface area contributed by atoms with Crippen molar-refractivity contribution < 1.29 is 4.79 Å². The van der Waals surface area contributed by atoms with Crippen LogP contribution in [-0.2, 0) is 22.1 Å². The standard InChI is InChI=1S/C21H21N3OS2/c1-15-7-9-17(10-8-15)24-21(18-12-27-13-19(18)23-24)22-20(25)14-26-11-16-5-3-2-4-6-16/h2-10H,11-14H2,1H3,(H,22,25). The van der Waals surface area contributed by atoms with E-state index < -0.39 is 0 Å². The van der Waals surface area contributed by atoms with Crippen molar-refractivity contribution in [1.82, 2.24) is 9.78 Å². The molecule has 0 spiro atoms. The Balaban J connectivity index is 1.47. The number of carbonyl (C=O) groups is 1. The second-order valence-electron chi connectivity index (χ2n) is 6.54. The van der Waals surface area contributed by atoms with Gasteiger partial charge in [-0.05, 0) is 24.6 Å². The predicted molar refractivity (Wildman–Crippen MR) is 115 cm³/mol. The van der Waals surface area contributed by atoms with Crippen molar-refractivity contribution in [3.63, 3.8) is 0 Å². The van der Waals surface area contributed by atoms with Crippen molar-refractivity contribution in [2.24, 2.45) is 0 Å². The number of rotatable bonds is 6. The summed E-state index contributed by atoms with van der Waals surface area (Å²) in [5.41, 5.74) is 5.65. The summed E-state index contributed by atoms with van der Waals surface area (Å²) in [5.74, 6) is 3.90. The molecule has 138 valence electrons. The van der Waals surface area contributed by atoms with E-state index in [0.29, 0.717) is 5.75 Å². The third-order valence-corrected chi connectivity index (χ3v) is 6.41. The number of amides is 1. The van der Waals surface area contributed by atoms with Gasteiger partial charge in [-0.15, -0.1) is 11.8 Å². The van der Waals surface area contributed by atoms with E-state index in [2.05, 4.69) is 36.5 Å². The zero-order valence-electron chi connectivity index (χ0n) is 15.1. The number of carbonyl (C=O) groups excluding carboxylic acids is 1. The molecule has 2 heterocycles. The molecule has 4 rings (SSSR count). The molecule has 0 bridgehead atoms. The Bertz CT molecular complexity index is 936. The van der Waals surface area contributed by atoms with Crippen molar-refractivity contribution in [2.75, 3.05) is 11.1 Å². The molecule has 27 heavy (non-hydrogen) atoms. The highest BCUT2D eigenvalue weighted by molar-refractivity contribution is 7.99. The maximum absolute atomic E-state index is 12.6. The third-order valence-electron chi connectivity index (χ3n) is 4.43. The average molecular weight is 396 g/mol. The number of benzene rings is 2. The molecular formula is C21H21N3OS2. The molecule has 0 unspecified atom stereocenters. The molecule has 1 aliphatic heterocycles. The lowest BCUT2D eigenvalue weighted by atomic mass is 10.2. The molecule has 4 nitrogen and oxygen atoms in total. The zero-order valence-corrected chi connectivity index (χ0v) is 16.8. The number of aromatic nitrogens is 2. The predicted octanol–water partition coefficient (Wildman–Crippen LogP) is 4.80. The molecule has 6 heteroatoms. The molecule has 1 aliphatic rings. The first-order valence-electron chi connectivity index (χ1n) is 8.88. The van der Waals surface area contributed by atoms with Crippen molar-refractivity contribution >= 4 is 35.2 Å². The van der Waals surface area contributed by atoms with Gasteiger partial charge in [-0.2, -0.15) is 16.9 Å². The maximum Gasteiger partial charge on any atom is 0.235 e. The molecule has 0 saturated carbocycles. The Hall–Kier alpha value is -2.18. The number of nitrogens with one attached hydrogen (secondary N) is 1. The Morgan fingerprint density at radius 1 is 1.15 bits per heavy atom. The summed E-state index contributed by atoms with van der Waals surface area (Å²) in [7, 11) is 0. The smallest absolute Gasteiger partial charge is 0.235 e. The van der Waals surface area contributed by atoms with Gasteiger partial charge < -0.3 is 5.32 Å². The van der Waals surface area contributed by atoms with E-state index in [1.807, 2.05) is 46.8 Å². The fraction of sp³-hybridized carbons (Fsp3) is 0.238. The summed E-state index contributed by atoms with van der Waals surface area (Å²) in [5, 5.41) is 7.86. The van der Waals surface area contributed by atoms with Crippen LogP contribution >= 0.6 is 23.5 Å². The highest BCUT2D eigenvalue weighted by Crippen LogP contribution is 2.36. The van der Waals surface area contributed by atoms with Crippen LogP contribution in [-0.4, -0.2) is 21.4 Å². The fourth-order valence-corrected chi connectivity index (χ4v) is 4.84. The van der Waals surface area contributed by atoms with Crippen molar-refractivity contribution in [3.05, 3.63) is 77.0 Å². The topological polar surface area (TPSA) is 46.9 Å². The first kappa shape index (κ1) is 18.2. The number of aryl methyl sites for hydroxylation is 1. The molecule has 0 radical (unpaired) electrons. The fourth-order valence-electron chi connectivity index (χ4n) is 3.02. The number of anilines is 1. The maximum atomic E-state index is 12.6. The lowest BCUT2D eigenvalue weighted by Crippen LogP contribution is -2.18. The summed E-state index contributed by atoms with van der Waals surface area (Å²) in [4.78, 5) is 12.6. The summed E-state index contributed by atoms with van der Waals surface area (Å²) in [6.07, 6.45) is 0. The third kappa shape index (κ3) is 4.22. The van der Waals surface area contributed by atoms with E-state index in [1.165, 1.54) is 11.1 Å². The van der Waals surface area contributed by atoms with E-state index in [4.69, 9.17) is 5.10 Å². The molecule has 0 atom stereocenters. The summed E-state index contributed by atoms with van der Waals surface area (Å²) in [6.45, 7) is 2.07. The van der Waals surface area contributed by atoms with Crippen LogP contribution in [0, 0.1) is 6.92 Å². The average Bonchev–Trinajstić information content (AvgIpc) is 3.26. The van der Waals surface area contributed by atoms with Gasteiger partial charge in [0.2, 0.25) is 5.91 Å². The van der Waals surface area contributed by atoms with Gasteiger partial charge in [0, 0.05) is 22.8 Å². The Morgan fingerprint density at radius 3 is 2.70 bits per heavy atom. The first-order valence-corrected chi connectivity index (χ1v) is 11.2. The van der Waals surface area contributed by atoms with Gasteiger partial charge in [0.05, 0.1) is 17.1 Å². The van der Waals surface area contributed by atoms with Gasteiger partial charge in [-0.25, -0.2) is 4.68 Å². The lowest BCUT2D eigenvalue weighted by molar-refractivity contribution is -0.113. The summed E-state index contributed by atoms with van der Waals surface area (Å²) >= 11 is 3.47. The van der Waals surface area contributed by atoms with Crippen LogP contribution in [0.15, 0.2) is 54.6 Å². The number of fused-ring (bicyclic) bond motifs is 1. The van der Waals surface area contributed by atoms with Crippen molar-refractivity contribution in [3.8, 4) is 5.69 Å². The highest BCUT2D eigenvalue weighted by atomic mass is 32.2. The van der Waals surface area contributed by atoms with Gasteiger partial charge in [-0.1, -0.05) is 48.0 Å². The Kier molecular flexibility index (Phi) is 5.55. The minimum atomic E-state index is 0.0175. The van der Waals surface area contributed by atoms with Gasteiger partial charge in [0.1, 0.15) is 5.82 Å². The van der Waals surface area contributed by atoms with E-state index in [-0.39, 0.29) is 5.91 Å². The van der Waals surface area contributed by atoms with Crippen LogP contribution < -0.4 is 5.32 Å². The van der Waals surface area contributed by atoms with Crippen LogP contribution in [0.3, 0.4) is 0 Å². The quantitative estimate of drug-likeness (QED) is 0.651. The van der Waals surface area contributed by atoms with Gasteiger partial charge in [0.25, 0.3) is 0 Å². The largest absolute Gasteiger partial charge is 0.310 e. The molecule has 1 aromatic heterocycles. The van der Waals surface area contributed by atoms with Crippen LogP contribution in [0.1, 0.15) is 22.4 Å². The van der Waals surface area contributed by atoms with E-state index in [9.17, 15) is 4.79 Å². The van der Waals surface area contributed by atoms with Gasteiger partial charge in [0.15, 0.2) is 0 Å². The van der Waals surface area contributed by atoms with Gasteiger partial charge in [-0.3, -0.25) is 4.79 Å². The minimum Gasteiger partial charge on any atom is -0.310 e. The van der Waals surface area contributed by atoms with Crippen LogP contribution in [0.25, 0.3) is 5.69 Å². The molecule has 1 N–H and O–H groups in total. The Labute approximate surface area is 167 Å². The molecule has 0 saturated heterocycles. The molecular weight excluding hydrogens is 374 g/mol. The van der Waals surface area contributed by atoms with Crippen LogP contribution in [0.2, 0.25) is 0 Å². The number of thioether (sulfide) groups is 2. The second-order valence-corrected chi connectivity index (χ2v) is 8.51. The van der Waals surface area contributed by atoms with Crippen molar-refractivity contribution in [2.45, 2.75) is 24.2 Å². The van der Waals surface area contributed by atoms with E-state index in [1.54, 1.807) is 11.8 Å². The first-order chi connectivity index (χ1) is 13.2. The van der Waals surface area contributed by atoms with Crippen molar-refractivity contribution in [1.29, 1.82) is 0 Å². The number of hydrogen-bond acceptors (Lipinski definition) is 4. The molecule has 0 fully saturated rings. The van der Waals surface area contributed by atoms with Gasteiger partial charge >= 0.3 is 0 Å². The SMILES string of the molecule is Cc1ccc(-n2nc3c(c2NC(=O)CSCc2ccccc2)CSC3)cc1. The van der Waals surface area contributed by atoms with E-state index in [0.717, 1.165) is 40.0 Å². The second kappa shape index (κ2) is 8.23.